The molecule has 0 saturated carbocycles. The molecule has 0 fully saturated rings. The van der Waals surface area contributed by atoms with Crippen molar-refractivity contribution in [2.45, 2.75) is 19.3 Å². The van der Waals surface area contributed by atoms with E-state index in [0.29, 0.717) is 5.92 Å². The topological polar surface area (TPSA) is 0 Å². The molecule has 0 aromatic heterocycles. The number of hydrogen-bond acceptors (Lipinski definition) is 0. The van der Waals surface area contributed by atoms with Crippen LogP contribution in [0.4, 0.5) is 0 Å². The summed E-state index contributed by atoms with van der Waals surface area (Å²) in [6, 6.07) is 15.0. The van der Waals surface area contributed by atoms with E-state index in [2.05, 4.69) is 56.3 Å². The van der Waals surface area contributed by atoms with Crippen molar-refractivity contribution < 1.29 is 0 Å². The second-order valence-electron chi connectivity index (χ2n) is 3.76. The number of rotatable bonds is 2. The molecule has 0 N–H and O–H groups in total. The summed E-state index contributed by atoms with van der Waals surface area (Å²) in [4.78, 5) is 0. The smallest absolute Gasteiger partial charge is 0.0149 e. The SMILES string of the molecule is [CH2]CC(C)c1cccc2ccccc12. The predicted octanol–water partition coefficient (Wildman–Crippen LogP) is 4.17. The number of fused-ring (bicyclic) bond motifs is 1. The first-order valence-electron chi connectivity index (χ1n) is 5.10. The zero-order valence-corrected chi connectivity index (χ0v) is 8.53. The molecule has 0 aliphatic rings. The van der Waals surface area contributed by atoms with Crippen LogP contribution >= 0.6 is 0 Å². The number of benzene rings is 2. The van der Waals surface area contributed by atoms with E-state index in [0.717, 1.165) is 6.42 Å². The Morgan fingerprint density at radius 3 is 2.57 bits per heavy atom. The normalized spacial score (nSPS) is 13.0. The van der Waals surface area contributed by atoms with Crippen molar-refractivity contribution in [3.8, 4) is 0 Å². The minimum Gasteiger partial charge on any atom is -0.0616 e. The fourth-order valence-electron chi connectivity index (χ4n) is 1.84. The van der Waals surface area contributed by atoms with Crippen molar-refractivity contribution in [3.05, 3.63) is 55.0 Å². The molecule has 0 amide bonds. The van der Waals surface area contributed by atoms with Crippen LogP contribution in [-0.2, 0) is 0 Å². The highest BCUT2D eigenvalue weighted by Crippen LogP contribution is 2.26. The molecule has 71 valence electrons. The highest BCUT2D eigenvalue weighted by atomic mass is 14.1. The molecule has 0 nitrogen and oxygen atoms in total. The summed E-state index contributed by atoms with van der Waals surface area (Å²) in [7, 11) is 0. The van der Waals surface area contributed by atoms with E-state index in [-0.39, 0.29) is 0 Å². The van der Waals surface area contributed by atoms with Crippen LogP contribution in [-0.4, -0.2) is 0 Å². The minimum atomic E-state index is 0.543. The van der Waals surface area contributed by atoms with Gasteiger partial charge in [0.2, 0.25) is 0 Å². The van der Waals surface area contributed by atoms with E-state index in [1.165, 1.54) is 16.3 Å². The standard InChI is InChI=1S/C14H15/c1-3-11(2)13-10-6-8-12-7-4-5-9-14(12)13/h4-11H,1,3H2,2H3. The Morgan fingerprint density at radius 2 is 1.79 bits per heavy atom. The van der Waals surface area contributed by atoms with Gasteiger partial charge in [0.25, 0.3) is 0 Å². The van der Waals surface area contributed by atoms with Gasteiger partial charge >= 0.3 is 0 Å². The Balaban J connectivity index is 2.65. The second kappa shape index (κ2) is 3.83. The van der Waals surface area contributed by atoms with Crippen LogP contribution in [0.15, 0.2) is 42.5 Å². The largest absolute Gasteiger partial charge is 0.0616 e. The van der Waals surface area contributed by atoms with Gasteiger partial charge in [-0.15, -0.1) is 0 Å². The molecule has 1 radical (unpaired) electrons. The van der Waals surface area contributed by atoms with E-state index in [1.807, 2.05) is 0 Å². The highest BCUT2D eigenvalue weighted by molar-refractivity contribution is 5.86. The molecule has 2 aromatic rings. The van der Waals surface area contributed by atoms with Crippen LogP contribution < -0.4 is 0 Å². The lowest BCUT2D eigenvalue weighted by molar-refractivity contribution is 0.786. The van der Waals surface area contributed by atoms with Gasteiger partial charge in [0, 0.05) is 0 Å². The molecule has 0 bridgehead atoms. The average molecular weight is 183 g/mol. The third-order valence-corrected chi connectivity index (χ3v) is 2.79. The molecule has 1 atom stereocenters. The molecule has 1 unspecified atom stereocenters. The zero-order chi connectivity index (χ0) is 9.97. The summed E-state index contributed by atoms with van der Waals surface area (Å²) >= 11 is 0. The van der Waals surface area contributed by atoms with Crippen LogP contribution in [0.25, 0.3) is 10.8 Å². The highest BCUT2D eigenvalue weighted by Gasteiger charge is 2.05. The first kappa shape index (κ1) is 9.26. The van der Waals surface area contributed by atoms with E-state index in [4.69, 9.17) is 0 Å². The van der Waals surface area contributed by atoms with E-state index < -0.39 is 0 Å². The van der Waals surface area contributed by atoms with Gasteiger partial charge in [-0.3, -0.25) is 0 Å². The molecule has 14 heavy (non-hydrogen) atoms. The Bertz CT molecular complexity index is 423. The molecule has 0 aliphatic heterocycles. The van der Waals surface area contributed by atoms with Crippen molar-refractivity contribution in [2.75, 3.05) is 0 Å². The van der Waals surface area contributed by atoms with Gasteiger partial charge in [-0.25, -0.2) is 0 Å². The monoisotopic (exact) mass is 183 g/mol. The van der Waals surface area contributed by atoms with Gasteiger partial charge in [0.05, 0.1) is 0 Å². The van der Waals surface area contributed by atoms with Crippen molar-refractivity contribution in [1.29, 1.82) is 0 Å². The van der Waals surface area contributed by atoms with Crippen molar-refractivity contribution in [2.24, 2.45) is 0 Å². The maximum absolute atomic E-state index is 3.97. The summed E-state index contributed by atoms with van der Waals surface area (Å²) < 4.78 is 0. The van der Waals surface area contributed by atoms with Crippen LogP contribution in [0.1, 0.15) is 24.8 Å². The summed E-state index contributed by atoms with van der Waals surface area (Å²) in [5, 5.41) is 2.69. The van der Waals surface area contributed by atoms with Gasteiger partial charge in [-0.05, 0) is 28.7 Å². The maximum atomic E-state index is 3.97. The van der Waals surface area contributed by atoms with Crippen LogP contribution in [0.5, 0.6) is 0 Å². The third-order valence-electron chi connectivity index (χ3n) is 2.79. The molecule has 2 aromatic carbocycles. The maximum Gasteiger partial charge on any atom is -0.0149 e. The molecule has 2 rings (SSSR count). The van der Waals surface area contributed by atoms with Crippen molar-refractivity contribution in [1.82, 2.24) is 0 Å². The summed E-state index contributed by atoms with van der Waals surface area (Å²) in [5.74, 6) is 0.543. The Hall–Kier alpha value is -1.30. The second-order valence-corrected chi connectivity index (χ2v) is 3.76. The Morgan fingerprint density at radius 1 is 1.07 bits per heavy atom. The molecular formula is C14H15. The first-order chi connectivity index (χ1) is 6.83. The van der Waals surface area contributed by atoms with Gasteiger partial charge in [-0.1, -0.05) is 56.3 Å². The molecular weight excluding hydrogens is 168 g/mol. The quantitative estimate of drug-likeness (QED) is 0.655. The zero-order valence-electron chi connectivity index (χ0n) is 8.53. The van der Waals surface area contributed by atoms with Crippen LogP contribution in [0, 0.1) is 6.92 Å². The molecule has 0 spiro atoms. The van der Waals surface area contributed by atoms with Crippen molar-refractivity contribution >= 4 is 10.8 Å². The molecule has 0 saturated heterocycles. The summed E-state index contributed by atoms with van der Waals surface area (Å²) in [5.41, 5.74) is 1.41. The van der Waals surface area contributed by atoms with E-state index in [9.17, 15) is 0 Å². The molecule has 0 heteroatoms. The average Bonchev–Trinajstić information content (AvgIpc) is 2.27. The van der Waals surface area contributed by atoms with Gasteiger partial charge < -0.3 is 0 Å². The predicted molar refractivity (Wildman–Crippen MR) is 62.3 cm³/mol. The Kier molecular flexibility index (Phi) is 2.53. The van der Waals surface area contributed by atoms with E-state index >= 15 is 0 Å². The lowest BCUT2D eigenvalue weighted by Gasteiger charge is -2.11. The van der Waals surface area contributed by atoms with E-state index in [1.54, 1.807) is 0 Å². The first-order valence-corrected chi connectivity index (χ1v) is 5.10. The lowest BCUT2D eigenvalue weighted by atomic mass is 9.93. The Labute approximate surface area is 85.6 Å². The van der Waals surface area contributed by atoms with Gasteiger partial charge in [-0.2, -0.15) is 0 Å². The van der Waals surface area contributed by atoms with Crippen LogP contribution in [0.3, 0.4) is 0 Å². The summed E-state index contributed by atoms with van der Waals surface area (Å²) in [6.07, 6.45) is 0.952. The lowest BCUT2D eigenvalue weighted by Crippen LogP contribution is -1.92. The minimum absolute atomic E-state index is 0.543. The number of hydrogen-bond donors (Lipinski definition) is 0. The van der Waals surface area contributed by atoms with Gasteiger partial charge in [0.1, 0.15) is 0 Å². The molecule has 0 heterocycles. The fraction of sp³-hybridized carbons (Fsp3) is 0.214. The summed E-state index contributed by atoms with van der Waals surface area (Å²) in [6.45, 7) is 6.20. The van der Waals surface area contributed by atoms with Gasteiger partial charge in [0.15, 0.2) is 0 Å². The molecule has 0 aliphatic carbocycles. The third kappa shape index (κ3) is 1.52. The fourth-order valence-corrected chi connectivity index (χ4v) is 1.84. The van der Waals surface area contributed by atoms with Crippen molar-refractivity contribution in [3.63, 3.8) is 0 Å². The van der Waals surface area contributed by atoms with Crippen LogP contribution in [0.2, 0.25) is 0 Å².